The first-order valence-electron chi connectivity index (χ1n) is 11.5. The molecule has 0 amide bonds. The standard InChI is InChI=1S/C25H25N7O/c1-2-15-31(14-1)16-4-5-18-8-11-20(12-9-18)26-25-27-24-7-3-6-23(32(24)28-25)19-10-13-21-22(17-19)30-33-29-21/h3,6-13,17H,1-2,4-5,14-16H2,(H,26,28). The zero-order valence-electron chi connectivity index (χ0n) is 18.3. The number of anilines is 2. The van der Waals surface area contributed by atoms with Gasteiger partial charge in [-0.3, -0.25) is 0 Å². The molecule has 8 nitrogen and oxygen atoms in total. The van der Waals surface area contributed by atoms with Crippen molar-refractivity contribution in [2.75, 3.05) is 25.0 Å². The number of aromatic nitrogens is 5. The Kier molecular flexibility index (Phi) is 5.20. The van der Waals surface area contributed by atoms with Crippen LogP contribution in [0.25, 0.3) is 27.9 Å². The number of nitrogens with zero attached hydrogens (tertiary/aromatic N) is 6. The van der Waals surface area contributed by atoms with E-state index >= 15 is 0 Å². The average Bonchev–Trinajstić information content (AvgIpc) is 3.60. The van der Waals surface area contributed by atoms with Gasteiger partial charge in [-0.15, -0.1) is 5.10 Å². The summed E-state index contributed by atoms with van der Waals surface area (Å²) in [5.41, 5.74) is 6.44. The largest absolute Gasteiger partial charge is 0.323 e. The Bertz CT molecular complexity index is 1380. The molecular weight excluding hydrogens is 414 g/mol. The lowest BCUT2D eigenvalue weighted by Crippen LogP contribution is -2.20. The van der Waals surface area contributed by atoms with Crippen molar-refractivity contribution in [1.29, 1.82) is 0 Å². The zero-order chi connectivity index (χ0) is 22.0. The van der Waals surface area contributed by atoms with Gasteiger partial charge in [-0.05, 0) is 97.6 Å². The number of hydrogen-bond acceptors (Lipinski definition) is 7. The predicted octanol–water partition coefficient (Wildman–Crippen LogP) is 4.70. The van der Waals surface area contributed by atoms with Crippen LogP contribution >= 0.6 is 0 Å². The number of hydrogen-bond donors (Lipinski definition) is 1. The molecule has 1 N–H and O–H groups in total. The Morgan fingerprint density at radius 1 is 0.909 bits per heavy atom. The Labute approximate surface area is 191 Å². The van der Waals surface area contributed by atoms with Crippen LogP contribution in [0, 0.1) is 0 Å². The highest BCUT2D eigenvalue weighted by molar-refractivity contribution is 5.80. The smallest absolute Gasteiger partial charge is 0.247 e. The Balaban J connectivity index is 1.17. The van der Waals surface area contributed by atoms with Crippen LogP contribution in [-0.2, 0) is 6.42 Å². The molecule has 0 aliphatic carbocycles. The van der Waals surface area contributed by atoms with Gasteiger partial charge in [0.15, 0.2) is 5.65 Å². The van der Waals surface area contributed by atoms with E-state index in [9.17, 15) is 0 Å². The maximum absolute atomic E-state index is 4.82. The second-order valence-corrected chi connectivity index (χ2v) is 8.56. The minimum Gasteiger partial charge on any atom is -0.323 e. The van der Waals surface area contributed by atoms with Gasteiger partial charge in [0.1, 0.15) is 11.0 Å². The first-order chi connectivity index (χ1) is 16.3. The van der Waals surface area contributed by atoms with Crippen molar-refractivity contribution >= 4 is 28.3 Å². The van der Waals surface area contributed by atoms with Gasteiger partial charge in [0.25, 0.3) is 0 Å². The molecule has 0 unspecified atom stereocenters. The van der Waals surface area contributed by atoms with E-state index in [0.29, 0.717) is 11.5 Å². The highest BCUT2D eigenvalue weighted by Gasteiger charge is 2.12. The van der Waals surface area contributed by atoms with Crippen molar-refractivity contribution in [2.24, 2.45) is 0 Å². The molecule has 0 saturated carbocycles. The predicted molar refractivity (Wildman–Crippen MR) is 128 cm³/mol. The summed E-state index contributed by atoms with van der Waals surface area (Å²) in [6, 6.07) is 20.3. The summed E-state index contributed by atoms with van der Waals surface area (Å²) in [6.45, 7) is 3.73. The lowest BCUT2D eigenvalue weighted by Gasteiger charge is -2.14. The molecule has 1 fully saturated rings. The molecule has 6 rings (SSSR count). The summed E-state index contributed by atoms with van der Waals surface area (Å²) in [5, 5.41) is 15.9. The minimum atomic E-state index is 0.563. The van der Waals surface area contributed by atoms with Gasteiger partial charge in [-0.25, -0.2) is 9.14 Å². The first kappa shape index (κ1) is 19.9. The number of pyridine rings is 1. The molecule has 33 heavy (non-hydrogen) atoms. The monoisotopic (exact) mass is 439 g/mol. The lowest BCUT2D eigenvalue weighted by molar-refractivity contribution is 0.315. The summed E-state index contributed by atoms with van der Waals surface area (Å²) >= 11 is 0. The van der Waals surface area contributed by atoms with Crippen LogP contribution in [0.2, 0.25) is 0 Å². The van der Waals surface area contributed by atoms with Gasteiger partial charge in [0, 0.05) is 11.3 Å². The van der Waals surface area contributed by atoms with Gasteiger partial charge in [-0.1, -0.05) is 24.3 Å². The van der Waals surface area contributed by atoms with Crippen molar-refractivity contribution < 1.29 is 4.63 Å². The fourth-order valence-electron chi connectivity index (χ4n) is 4.52. The summed E-state index contributed by atoms with van der Waals surface area (Å²) in [4.78, 5) is 7.22. The molecule has 3 aromatic heterocycles. The SMILES string of the molecule is c1cc(-c2ccc3nonc3c2)n2nc(Nc3ccc(CCCN4CCCC4)cc3)nc2c1. The topological polar surface area (TPSA) is 84.4 Å². The van der Waals surface area contributed by atoms with Crippen LogP contribution in [0.3, 0.4) is 0 Å². The Morgan fingerprint density at radius 2 is 1.76 bits per heavy atom. The van der Waals surface area contributed by atoms with Gasteiger partial charge < -0.3 is 10.2 Å². The molecule has 1 saturated heterocycles. The van der Waals surface area contributed by atoms with Gasteiger partial charge in [-0.2, -0.15) is 4.98 Å². The number of benzene rings is 2. The zero-order valence-corrected chi connectivity index (χ0v) is 18.3. The van der Waals surface area contributed by atoms with E-state index in [1.807, 2.05) is 40.9 Å². The van der Waals surface area contributed by atoms with E-state index in [-0.39, 0.29) is 0 Å². The van der Waals surface area contributed by atoms with Crippen LogP contribution < -0.4 is 5.32 Å². The van der Waals surface area contributed by atoms with Crippen LogP contribution in [0.1, 0.15) is 24.8 Å². The highest BCUT2D eigenvalue weighted by Crippen LogP contribution is 2.25. The summed E-state index contributed by atoms with van der Waals surface area (Å²) in [7, 11) is 0. The van der Waals surface area contributed by atoms with Gasteiger partial charge in [0.05, 0.1) is 5.69 Å². The van der Waals surface area contributed by atoms with Crippen molar-refractivity contribution in [3.8, 4) is 11.3 Å². The third-order valence-electron chi connectivity index (χ3n) is 6.26. The van der Waals surface area contributed by atoms with Crippen molar-refractivity contribution in [3.63, 3.8) is 0 Å². The third kappa shape index (κ3) is 4.17. The van der Waals surface area contributed by atoms with E-state index in [1.54, 1.807) is 0 Å². The molecule has 0 radical (unpaired) electrons. The number of likely N-dealkylation sites (tertiary alicyclic amines) is 1. The highest BCUT2D eigenvalue weighted by atomic mass is 16.6. The van der Waals surface area contributed by atoms with E-state index in [0.717, 1.165) is 34.5 Å². The average molecular weight is 440 g/mol. The number of rotatable bonds is 7. The number of nitrogens with one attached hydrogen (secondary N) is 1. The molecule has 2 aromatic carbocycles. The second kappa shape index (κ2) is 8.63. The number of fused-ring (bicyclic) bond motifs is 2. The van der Waals surface area contributed by atoms with Crippen LogP contribution in [0.15, 0.2) is 65.3 Å². The van der Waals surface area contributed by atoms with Crippen LogP contribution in [-0.4, -0.2) is 49.4 Å². The molecule has 0 atom stereocenters. The molecule has 8 heteroatoms. The fourth-order valence-corrected chi connectivity index (χ4v) is 4.52. The maximum atomic E-state index is 4.82. The van der Waals surface area contributed by atoms with Crippen LogP contribution in [0.4, 0.5) is 11.6 Å². The summed E-state index contributed by atoms with van der Waals surface area (Å²) < 4.78 is 6.66. The molecular formula is C25H25N7O. The maximum Gasteiger partial charge on any atom is 0.247 e. The molecule has 4 heterocycles. The quantitative estimate of drug-likeness (QED) is 0.393. The molecule has 5 aromatic rings. The molecule has 166 valence electrons. The Morgan fingerprint density at radius 3 is 2.64 bits per heavy atom. The van der Waals surface area contributed by atoms with E-state index in [1.165, 1.54) is 44.5 Å². The van der Waals surface area contributed by atoms with Crippen molar-refractivity contribution in [1.82, 2.24) is 29.8 Å². The van der Waals surface area contributed by atoms with E-state index < -0.39 is 0 Å². The second-order valence-electron chi connectivity index (χ2n) is 8.56. The molecule has 1 aliphatic rings. The molecule has 0 spiro atoms. The lowest BCUT2D eigenvalue weighted by atomic mass is 10.1. The minimum absolute atomic E-state index is 0.563. The van der Waals surface area contributed by atoms with Crippen molar-refractivity contribution in [3.05, 3.63) is 66.2 Å². The molecule has 0 bridgehead atoms. The first-order valence-corrected chi connectivity index (χ1v) is 11.5. The summed E-state index contributed by atoms with van der Waals surface area (Å²) in [5.74, 6) is 0.563. The third-order valence-corrected chi connectivity index (χ3v) is 6.26. The summed E-state index contributed by atoms with van der Waals surface area (Å²) in [6.07, 6.45) is 5.03. The normalized spacial score (nSPS) is 14.4. The van der Waals surface area contributed by atoms with Gasteiger partial charge >= 0.3 is 0 Å². The van der Waals surface area contributed by atoms with E-state index in [2.05, 4.69) is 49.8 Å². The van der Waals surface area contributed by atoms with Gasteiger partial charge in [0.2, 0.25) is 5.95 Å². The molecule has 1 aliphatic heterocycles. The van der Waals surface area contributed by atoms with Crippen molar-refractivity contribution in [2.45, 2.75) is 25.7 Å². The fraction of sp³-hybridized carbons (Fsp3) is 0.280. The Hall–Kier alpha value is -3.78. The van der Waals surface area contributed by atoms with Crippen LogP contribution in [0.5, 0.6) is 0 Å². The number of aryl methyl sites for hydroxylation is 1. The van der Waals surface area contributed by atoms with E-state index in [4.69, 9.17) is 9.73 Å².